The third kappa shape index (κ3) is 4.41. The van der Waals surface area contributed by atoms with Gasteiger partial charge in [0.1, 0.15) is 23.8 Å². The Morgan fingerprint density at radius 2 is 1.97 bits per heavy atom. The SMILES string of the molecule is COc1ccc(C)cc1NC(=O)Cn1c(-c2nc(-c3cccc(F)c3)no2)cccc1=O. The molecule has 0 spiro atoms. The van der Waals surface area contributed by atoms with Gasteiger partial charge in [-0.25, -0.2) is 4.39 Å². The Morgan fingerprint density at radius 1 is 1.16 bits per heavy atom. The zero-order chi connectivity index (χ0) is 22.7. The molecule has 0 fully saturated rings. The van der Waals surface area contributed by atoms with Gasteiger partial charge in [-0.1, -0.05) is 29.4 Å². The van der Waals surface area contributed by atoms with Crippen molar-refractivity contribution in [3.8, 4) is 28.7 Å². The number of ether oxygens (including phenoxy) is 1. The number of halogens is 1. The standard InChI is InChI=1S/C23H19FN4O4/c1-14-9-10-19(31-2)17(11-14)25-20(29)13-28-18(7-4-8-21(28)30)23-26-22(27-32-23)15-5-3-6-16(24)12-15/h3-12H,13H2,1-2H3,(H,25,29). The summed E-state index contributed by atoms with van der Waals surface area (Å²) in [5, 5.41) is 6.63. The number of hydrogen-bond acceptors (Lipinski definition) is 6. The van der Waals surface area contributed by atoms with E-state index in [2.05, 4.69) is 15.5 Å². The van der Waals surface area contributed by atoms with Gasteiger partial charge >= 0.3 is 0 Å². The summed E-state index contributed by atoms with van der Waals surface area (Å²) in [4.78, 5) is 29.5. The maximum absolute atomic E-state index is 13.5. The van der Waals surface area contributed by atoms with E-state index >= 15 is 0 Å². The predicted molar refractivity (Wildman–Crippen MR) is 116 cm³/mol. The number of nitrogens with one attached hydrogen (secondary N) is 1. The van der Waals surface area contributed by atoms with Crippen molar-refractivity contribution in [2.45, 2.75) is 13.5 Å². The number of pyridine rings is 1. The maximum atomic E-state index is 13.5. The van der Waals surface area contributed by atoms with Crippen molar-refractivity contribution in [2.24, 2.45) is 0 Å². The van der Waals surface area contributed by atoms with Crippen molar-refractivity contribution in [3.63, 3.8) is 0 Å². The molecular weight excluding hydrogens is 415 g/mol. The van der Waals surface area contributed by atoms with E-state index < -0.39 is 17.3 Å². The smallest absolute Gasteiger partial charge is 0.274 e. The monoisotopic (exact) mass is 434 g/mol. The number of aromatic nitrogens is 3. The molecule has 0 saturated carbocycles. The molecule has 1 amide bonds. The number of carbonyl (C=O) groups excluding carboxylic acids is 1. The number of nitrogens with zero attached hydrogens (tertiary/aromatic N) is 3. The van der Waals surface area contributed by atoms with Gasteiger partial charge in [-0.15, -0.1) is 0 Å². The molecule has 4 aromatic rings. The molecule has 0 aliphatic carbocycles. The van der Waals surface area contributed by atoms with Crippen LogP contribution in [-0.2, 0) is 11.3 Å². The highest BCUT2D eigenvalue weighted by Gasteiger charge is 2.18. The molecule has 1 N–H and O–H groups in total. The molecule has 9 heteroatoms. The number of amides is 1. The van der Waals surface area contributed by atoms with Gasteiger partial charge in [-0.2, -0.15) is 4.98 Å². The van der Waals surface area contributed by atoms with Crippen LogP contribution in [0.2, 0.25) is 0 Å². The van der Waals surface area contributed by atoms with Gasteiger partial charge in [0, 0.05) is 11.6 Å². The van der Waals surface area contributed by atoms with Crippen LogP contribution in [0.1, 0.15) is 5.56 Å². The Morgan fingerprint density at radius 3 is 2.75 bits per heavy atom. The third-order valence-electron chi connectivity index (χ3n) is 4.71. The molecular formula is C23H19FN4O4. The molecule has 4 rings (SSSR count). The van der Waals surface area contributed by atoms with Crippen LogP contribution < -0.4 is 15.6 Å². The largest absolute Gasteiger partial charge is 0.495 e. The Labute approximate surface area is 182 Å². The minimum Gasteiger partial charge on any atom is -0.495 e. The molecule has 0 bridgehead atoms. The first kappa shape index (κ1) is 21.0. The van der Waals surface area contributed by atoms with E-state index in [1.807, 2.05) is 13.0 Å². The van der Waals surface area contributed by atoms with Crippen molar-refractivity contribution >= 4 is 11.6 Å². The highest BCUT2D eigenvalue weighted by Crippen LogP contribution is 2.26. The van der Waals surface area contributed by atoms with Crippen LogP contribution in [0.3, 0.4) is 0 Å². The normalized spacial score (nSPS) is 10.7. The van der Waals surface area contributed by atoms with E-state index in [9.17, 15) is 14.0 Å². The second kappa shape index (κ2) is 8.84. The molecule has 0 radical (unpaired) electrons. The molecule has 0 atom stereocenters. The quantitative estimate of drug-likeness (QED) is 0.497. The van der Waals surface area contributed by atoms with Crippen LogP contribution in [-0.4, -0.2) is 27.7 Å². The lowest BCUT2D eigenvalue weighted by Crippen LogP contribution is -2.28. The zero-order valence-corrected chi connectivity index (χ0v) is 17.3. The number of aryl methyl sites for hydroxylation is 1. The predicted octanol–water partition coefficient (Wildman–Crippen LogP) is 3.66. The van der Waals surface area contributed by atoms with Crippen LogP contribution in [0.15, 0.2) is 70.0 Å². The molecule has 2 aromatic heterocycles. The molecule has 0 unspecified atom stereocenters. The lowest BCUT2D eigenvalue weighted by molar-refractivity contribution is -0.116. The van der Waals surface area contributed by atoms with Crippen molar-refractivity contribution in [3.05, 3.63) is 82.4 Å². The molecule has 32 heavy (non-hydrogen) atoms. The number of anilines is 1. The minimum atomic E-state index is -0.437. The van der Waals surface area contributed by atoms with E-state index in [1.165, 1.54) is 42.0 Å². The van der Waals surface area contributed by atoms with Gasteiger partial charge in [0.25, 0.3) is 11.4 Å². The second-order valence-electron chi connectivity index (χ2n) is 7.02. The second-order valence-corrected chi connectivity index (χ2v) is 7.02. The van der Waals surface area contributed by atoms with Crippen LogP contribution in [0, 0.1) is 12.7 Å². The summed E-state index contributed by atoms with van der Waals surface area (Å²) in [6.07, 6.45) is 0. The maximum Gasteiger partial charge on any atom is 0.274 e. The molecule has 0 aliphatic rings. The highest BCUT2D eigenvalue weighted by atomic mass is 19.1. The van der Waals surface area contributed by atoms with E-state index in [-0.39, 0.29) is 24.0 Å². The van der Waals surface area contributed by atoms with Gasteiger partial charge in [0.05, 0.1) is 12.8 Å². The first-order valence-corrected chi connectivity index (χ1v) is 9.69. The summed E-state index contributed by atoms with van der Waals surface area (Å²) in [7, 11) is 1.51. The fraction of sp³-hybridized carbons (Fsp3) is 0.130. The summed E-state index contributed by atoms with van der Waals surface area (Å²) >= 11 is 0. The minimum absolute atomic E-state index is 0.0305. The average Bonchev–Trinajstić information content (AvgIpc) is 3.25. The van der Waals surface area contributed by atoms with Gasteiger partial charge in [-0.05, 0) is 42.8 Å². The van der Waals surface area contributed by atoms with E-state index in [1.54, 1.807) is 24.3 Å². The van der Waals surface area contributed by atoms with E-state index in [0.29, 0.717) is 17.0 Å². The van der Waals surface area contributed by atoms with Crippen LogP contribution in [0.5, 0.6) is 5.75 Å². The van der Waals surface area contributed by atoms with Crippen molar-refractivity contribution in [1.82, 2.24) is 14.7 Å². The van der Waals surface area contributed by atoms with Gasteiger partial charge in [0.2, 0.25) is 11.7 Å². The fourth-order valence-corrected chi connectivity index (χ4v) is 3.20. The van der Waals surface area contributed by atoms with Crippen molar-refractivity contribution in [1.29, 1.82) is 0 Å². The lowest BCUT2D eigenvalue weighted by Gasteiger charge is -2.13. The van der Waals surface area contributed by atoms with Crippen LogP contribution in [0.25, 0.3) is 23.0 Å². The number of hydrogen-bond donors (Lipinski definition) is 1. The molecule has 0 saturated heterocycles. The van der Waals surface area contributed by atoms with Gasteiger partial charge in [-0.3, -0.25) is 14.2 Å². The molecule has 8 nitrogen and oxygen atoms in total. The topological polar surface area (TPSA) is 99.2 Å². The first-order chi connectivity index (χ1) is 15.4. The molecule has 0 aliphatic heterocycles. The zero-order valence-electron chi connectivity index (χ0n) is 17.3. The average molecular weight is 434 g/mol. The Kier molecular flexibility index (Phi) is 5.80. The van der Waals surface area contributed by atoms with Gasteiger partial charge in [0.15, 0.2) is 0 Å². The summed E-state index contributed by atoms with van der Waals surface area (Å²) in [6.45, 7) is 1.60. The molecule has 162 valence electrons. The van der Waals surface area contributed by atoms with Crippen LogP contribution in [0.4, 0.5) is 10.1 Å². The summed E-state index contributed by atoms with van der Waals surface area (Å²) in [6, 6.07) is 15.6. The summed E-state index contributed by atoms with van der Waals surface area (Å²) in [5.74, 6) is -0.178. The lowest BCUT2D eigenvalue weighted by atomic mass is 10.2. The Bertz CT molecular complexity index is 1350. The van der Waals surface area contributed by atoms with Crippen LogP contribution >= 0.6 is 0 Å². The number of benzene rings is 2. The van der Waals surface area contributed by atoms with E-state index in [0.717, 1.165) is 5.56 Å². The number of carbonyl (C=O) groups is 1. The first-order valence-electron chi connectivity index (χ1n) is 9.69. The van der Waals surface area contributed by atoms with Crippen molar-refractivity contribution in [2.75, 3.05) is 12.4 Å². The van der Waals surface area contributed by atoms with Gasteiger partial charge < -0.3 is 14.6 Å². The van der Waals surface area contributed by atoms with Crippen molar-refractivity contribution < 1.29 is 18.4 Å². The third-order valence-corrected chi connectivity index (χ3v) is 4.71. The molecule has 2 aromatic carbocycles. The summed E-state index contributed by atoms with van der Waals surface area (Å²) in [5.41, 5.74) is 1.70. The Balaban J connectivity index is 1.63. The highest BCUT2D eigenvalue weighted by molar-refractivity contribution is 5.92. The summed E-state index contributed by atoms with van der Waals surface area (Å²) < 4.78 is 25.3. The fourth-order valence-electron chi connectivity index (χ4n) is 3.20. The Hall–Kier alpha value is -4.27. The number of rotatable bonds is 6. The number of methoxy groups -OCH3 is 1. The molecule has 2 heterocycles. The van der Waals surface area contributed by atoms with E-state index in [4.69, 9.17) is 9.26 Å².